The van der Waals surface area contributed by atoms with Crippen molar-refractivity contribution in [2.45, 2.75) is 52.5 Å². The molecule has 0 saturated heterocycles. The van der Waals surface area contributed by atoms with Crippen molar-refractivity contribution in [3.63, 3.8) is 0 Å². The van der Waals surface area contributed by atoms with E-state index in [2.05, 4.69) is 19.2 Å². The summed E-state index contributed by atoms with van der Waals surface area (Å²) < 4.78 is 5.63. The van der Waals surface area contributed by atoms with Crippen LogP contribution in [0.1, 0.15) is 46.5 Å². The van der Waals surface area contributed by atoms with Crippen molar-refractivity contribution >= 4 is 11.9 Å². The van der Waals surface area contributed by atoms with E-state index < -0.39 is 11.5 Å². The highest BCUT2D eigenvalue weighted by atomic mass is 16.5. The van der Waals surface area contributed by atoms with Crippen LogP contribution in [0.2, 0.25) is 0 Å². The predicted octanol–water partition coefficient (Wildman–Crippen LogP) is 3.88. The number of carbonyl (C=O) groups is 2. The van der Waals surface area contributed by atoms with Crippen LogP contribution in [-0.2, 0) is 4.79 Å². The molecule has 1 aromatic carbocycles. The topological polar surface area (TPSA) is 75.6 Å². The average Bonchev–Trinajstić information content (AvgIpc) is 2.45. The summed E-state index contributed by atoms with van der Waals surface area (Å²) in [7, 11) is 0. The third-order valence-corrected chi connectivity index (χ3v) is 4.71. The summed E-state index contributed by atoms with van der Waals surface area (Å²) in [6, 6.07) is 9.24. The van der Waals surface area contributed by atoms with Gasteiger partial charge in [0.1, 0.15) is 11.5 Å². The lowest BCUT2D eigenvalue weighted by molar-refractivity contribution is -0.133. The van der Waals surface area contributed by atoms with Gasteiger partial charge < -0.3 is 15.2 Å². The molecule has 0 radical (unpaired) electrons. The second-order valence-electron chi connectivity index (χ2n) is 7.79. The number of Topliss-reactive ketones (excluding diaryl/α,β-unsaturated/α-hetero) is 1. The molecule has 2 rings (SSSR count). The van der Waals surface area contributed by atoms with Crippen LogP contribution < -0.4 is 10.1 Å². The van der Waals surface area contributed by atoms with E-state index in [9.17, 15) is 9.59 Å². The molecular formula is C19H27NO4. The van der Waals surface area contributed by atoms with Crippen LogP contribution in [0.5, 0.6) is 5.75 Å². The van der Waals surface area contributed by atoms with Gasteiger partial charge >= 0.3 is 6.09 Å². The van der Waals surface area contributed by atoms with Gasteiger partial charge in [-0.2, -0.15) is 0 Å². The normalized spacial score (nSPS) is 25.7. The molecule has 1 aromatic rings. The minimum absolute atomic E-state index is 0.0733. The van der Waals surface area contributed by atoms with Crippen molar-refractivity contribution < 1.29 is 19.4 Å². The molecule has 0 heterocycles. The molecular weight excluding hydrogens is 306 g/mol. The largest absolute Gasteiger partial charge is 0.493 e. The van der Waals surface area contributed by atoms with Gasteiger partial charge in [0.15, 0.2) is 0 Å². The van der Waals surface area contributed by atoms with E-state index in [4.69, 9.17) is 9.84 Å². The highest BCUT2D eigenvalue weighted by molar-refractivity contribution is 5.85. The first-order valence-electron chi connectivity index (χ1n) is 8.41. The van der Waals surface area contributed by atoms with Crippen LogP contribution in [0, 0.1) is 10.8 Å². The number of para-hydroxylation sites is 1. The molecule has 0 bridgehead atoms. The second kappa shape index (κ2) is 7.24. The SMILES string of the molecule is CC1(C)CC(NC(=O)O)CC(C)(C(=O)CCOc2ccccc2)C1. The Balaban J connectivity index is 1.96. The van der Waals surface area contributed by atoms with E-state index in [1.165, 1.54) is 0 Å². The number of ketones is 1. The van der Waals surface area contributed by atoms with Gasteiger partial charge in [-0.25, -0.2) is 4.79 Å². The second-order valence-corrected chi connectivity index (χ2v) is 7.79. The molecule has 0 spiro atoms. The molecule has 1 aliphatic rings. The highest BCUT2D eigenvalue weighted by Gasteiger charge is 2.45. The minimum Gasteiger partial charge on any atom is -0.493 e. The summed E-state index contributed by atoms with van der Waals surface area (Å²) in [6.07, 6.45) is 1.37. The molecule has 1 aliphatic carbocycles. The number of ether oxygens (including phenoxy) is 1. The van der Waals surface area contributed by atoms with Gasteiger partial charge in [-0.15, -0.1) is 0 Å². The summed E-state index contributed by atoms with van der Waals surface area (Å²) >= 11 is 0. The Hall–Kier alpha value is -2.04. The predicted molar refractivity (Wildman–Crippen MR) is 92.2 cm³/mol. The maximum atomic E-state index is 12.8. The van der Waals surface area contributed by atoms with Crippen LogP contribution in [0.15, 0.2) is 30.3 Å². The minimum atomic E-state index is -1.03. The number of nitrogens with one attached hydrogen (secondary N) is 1. The van der Waals surface area contributed by atoms with Gasteiger partial charge in [-0.3, -0.25) is 4.79 Å². The van der Waals surface area contributed by atoms with E-state index in [0.29, 0.717) is 19.4 Å². The molecule has 0 aromatic heterocycles. The average molecular weight is 333 g/mol. The number of carbonyl (C=O) groups excluding carboxylic acids is 1. The number of amides is 1. The maximum Gasteiger partial charge on any atom is 0.404 e. The van der Waals surface area contributed by atoms with Crippen molar-refractivity contribution in [2.75, 3.05) is 6.61 Å². The van der Waals surface area contributed by atoms with E-state index in [1.807, 2.05) is 37.3 Å². The molecule has 5 heteroatoms. The van der Waals surface area contributed by atoms with Gasteiger partial charge in [-0.05, 0) is 36.8 Å². The Bertz CT molecular complexity index is 584. The Morgan fingerprint density at radius 3 is 2.50 bits per heavy atom. The van der Waals surface area contributed by atoms with Gasteiger partial charge in [0.05, 0.1) is 6.61 Å². The lowest BCUT2D eigenvalue weighted by atomic mass is 9.60. The Kier molecular flexibility index (Phi) is 5.52. The van der Waals surface area contributed by atoms with E-state index in [0.717, 1.165) is 18.6 Å². The fourth-order valence-electron chi connectivity index (χ4n) is 4.05. The van der Waals surface area contributed by atoms with E-state index >= 15 is 0 Å². The number of hydrogen-bond donors (Lipinski definition) is 2. The zero-order chi connectivity index (χ0) is 17.8. The number of rotatable bonds is 6. The van der Waals surface area contributed by atoms with Gasteiger partial charge in [0.2, 0.25) is 0 Å². The number of hydrogen-bond acceptors (Lipinski definition) is 3. The quantitative estimate of drug-likeness (QED) is 0.828. The smallest absolute Gasteiger partial charge is 0.404 e. The standard InChI is InChI=1S/C19H27NO4/c1-18(2)11-14(20-17(22)23)12-19(3,13-18)16(21)9-10-24-15-7-5-4-6-8-15/h4-8,14,20H,9-13H2,1-3H3,(H,22,23). The summed E-state index contributed by atoms with van der Waals surface area (Å²) in [6.45, 7) is 6.48. The highest BCUT2D eigenvalue weighted by Crippen LogP contribution is 2.47. The molecule has 1 amide bonds. The van der Waals surface area contributed by atoms with Crippen molar-refractivity contribution in [1.29, 1.82) is 0 Å². The zero-order valence-electron chi connectivity index (χ0n) is 14.7. The molecule has 1 saturated carbocycles. The molecule has 2 N–H and O–H groups in total. The van der Waals surface area contributed by atoms with Crippen LogP contribution in [0.3, 0.4) is 0 Å². The molecule has 2 unspecified atom stereocenters. The molecule has 24 heavy (non-hydrogen) atoms. The Morgan fingerprint density at radius 2 is 1.88 bits per heavy atom. The van der Waals surface area contributed by atoms with E-state index in [-0.39, 0.29) is 17.2 Å². The molecule has 132 valence electrons. The van der Waals surface area contributed by atoms with Gasteiger partial charge in [-0.1, -0.05) is 39.0 Å². The van der Waals surface area contributed by atoms with Crippen LogP contribution in [-0.4, -0.2) is 29.6 Å². The first kappa shape index (κ1) is 18.3. The summed E-state index contributed by atoms with van der Waals surface area (Å²) in [4.78, 5) is 23.7. The van der Waals surface area contributed by atoms with Gasteiger partial charge in [0, 0.05) is 17.9 Å². The Morgan fingerprint density at radius 1 is 1.21 bits per heavy atom. The summed E-state index contributed by atoms with van der Waals surface area (Å²) in [5, 5.41) is 11.6. The van der Waals surface area contributed by atoms with Gasteiger partial charge in [0.25, 0.3) is 0 Å². The third kappa shape index (κ3) is 4.98. The third-order valence-electron chi connectivity index (χ3n) is 4.71. The van der Waals surface area contributed by atoms with Crippen molar-refractivity contribution in [3.05, 3.63) is 30.3 Å². The Labute approximate surface area is 143 Å². The number of carboxylic acid groups (broad SMARTS) is 1. The van der Waals surface area contributed by atoms with Crippen molar-refractivity contribution in [1.82, 2.24) is 5.32 Å². The molecule has 1 fully saturated rings. The van der Waals surface area contributed by atoms with Crippen LogP contribution >= 0.6 is 0 Å². The lowest BCUT2D eigenvalue weighted by Crippen LogP contribution is -2.49. The number of benzene rings is 1. The lowest BCUT2D eigenvalue weighted by Gasteiger charge is -2.45. The maximum absolute atomic E-state index is 12.8. The van der Waals surface area contributed by atoms with Crippen LogP contribution in [0.4, 0.5) is 4.79 Å². The first-order valence-corrected chi connectivity index (χ1v) is 8.41. The van der Waals surface area contributed by atoms with Crippen LogP contribution in [0.25, 0.3) is 0 Å². The fourth-order valence-corrected chi connectivity index (χ4v) is 4.05. The summed E-state index contributed by atoms with van der Waals surface area (Å²) in [5.41, 5.74) is -0.592. The van der Waals surface area contributed by atoms with Crippen molar-refractivity contribution in [3.8, 4) is 5.75 Å². The molecule has 2 atom stereocenters. The molecule has 0 aliphatic heterocycles. The fraction of sp³-hybridized carbons (Fsp3) is 0.579. The van der Waals surface area contributed by atoms with E-state index in [1.54, 1.807) is 0 Å². The monoisotopic (exact) mass is 333 g/mol. The summed E-state index contributed by atoms with van der Waals surface area (Å²) in [5.74, 6) is 0.897. The first-order chi connectivity index (χ1) is 11.2. The zero-order valence-corrected chi connectivity index (χ0v) is 14.7. The molecule has 5 nitrogen and oxygen atoms in total. The van der Waals surface area contributed by atoms with Crippen molar-refractivity contribution in [2.24, 2.45) is 10.8 Å².